The van der Waals surface area contributed by atoms with E-state index in [4.69, 9.17) is 4.74 Å². The minimum atomic E-state index is -0.472. The van der Waals surface area contributed by atoms with Crippen LogP contribution in [0.4, 0.5) is 5.13 Å². The van der Waals surface area contributed by atoms with E-state index < -0.39 is 11.8 Å². The molecule has 0 saturated carbocycles. The highest BCUT2D eigenvalue weighted by Gasteiger charge is 2.19. The van der Waals surface area contributed by atoms with Crippen molar-refractivity contribution in [3.05, 3.63) is 65.3 Å². The van der Waals surface area contributed by atoms with Crippen LogP contribution in [-0.2, 0) is 4.74 Å². The first-order valence-electron chi connectivity index (χ1n) is 9.27. The lowest BCUT2D eigenvalue weighted by Gasteiger charge is -2.25. The Morgan fingerprint density at radius 2 is 1.80 bits per heavy atom. The molecular weight excluding hydrogens is 422 g/mol. The molecule has 0 radical (unpaired) electrons. The van der Waals surface area contributed by atoms with E-state index in [1.54, 1.807) is 23.7 Å². The highest BCUT2D eigenvalue weighted by atomic mass is 32.2. The van der Waals surface area contributed by atoms with Gasteiger partial charge in [0.1, 0.15) is 10.7 Å². The number of hydrazine groups is 1. The zero-order chi connectivity index (χ0) is 20.8. The van der Waals surface area contributed by atoms with Gasteiger partial charge in [-0.3, -0.25) is 20.4 Å². The van der Waals surface area contributed by atoms with Crippen molar-refractivity contribution in [1.82, 2.24) is 20.8 Å². The molecule has 4 rings (SSSR count). The van der Waals surface area contributed by atoms with E-state index in [1.165, 1.54) is 23.1 Å². The Hall–Kier alpha value is -2.95. The van der Waals surface area contributed by atoms with Crippen molar-refractivity contribution in [3.8, 4) is 0 Å². The van der Waals surface area contributed by atoms with Gasteiger partial charge in [-0.25, -0.2) is 9.97 Å². The first-order chi connectivity index (χ1) is 14.7. The number of morpholine rings is 1. The third-order valence-corrected chi connectivity index (χ3v) is 6.20. The van der Waals surface area contributed by atoms with Crippen LogP contribution in [0.3, 0.4) is 0 Å². The molecule has 0 unspecified atom stereocenters. The summed E-state index contributed by atoms with van der Waals surface area (Å²) >= 11 is 2.77. The molecule has 2 aromatic heterocycles. The van der Waals surface area contributed by atoms with Crippen LogP contribution in [-0.4, -0.2) is 48.1 Å². The van der Waals surface area contributed by atoms with Crippen LogP contribution in [0, 0.1) is 0 Å². The van der Waals surface area contributed by atoms with Crippen LogP contribution in [0.25, 0.3) is 0 Å². The van der Waals surface area contributed by atoms with E-state index in [1.807, 2.05) is 30.3 Å². The summed E-state index contributed by atoms with van der Waals surface area (Å²) in [6, 6.07) is 13.0. The summed E-state index contributed by atoms with van der Waals surface area (Å²) in [7, 11) is 0. The third kappa shape index (κ3) is 4.96. The van der Waals surface area contributed by atoms with E-state index in [0.717, 1.165) is 23.1 Å². The molecule has 8 nitrogen and oxygen atoms in total. The molecule has 1 aromatic carbocycles. The minimum absolute atomic E-state index is 0.256. The molecule has 1 fully saturated rings. The third-order valence-electron chi connectivity index (χ3n) is 4.27. The summed E-state index contributed by atoms with van der Waals surface area (Å²) in [5.74, 6) is -0.918. The van der Waals surface area contributed by atoms with Gasteiger partial charge in [-0.2, -0.15) is 0 Å². The normalized spacial score (nSPS) is 13.7. The molecule has 30 heavy (non-hydrogen) atoms. The van der Waals surface area contributed by atoms with Crippen molar-refractivity contribution in [2.45, 2.75) is 9.92 Å². The average Bonchev–Trinajstić information content (AvgIpc) is 3.29. The number of anilines is 1. The van der Waals surface area contributed by atoms with Crippen molar-refractivity contribution >= 4 is 40.0 Å². The molecule has 2 amide bonds. The van der Waals surface area contributed by atoms with Crippen LogP contribution in [0.1, 0.15) is 20.8 Å². The van der Waals surface area contributed by atoms with E-state index in [2.05, 4.69) is 25.7 Å². The van der Waals surface area contributed by atoms with Crippen molar-refractivity contribution < 1.29 is 14.3 Å². The number of hydrogen-bond acceptors (Lipinski definition) is 8. The van der Waals surface area contributed by atoms with Crippen molar-refractivity contribution in [1.29, 1.82) is 0 Å². The number of benzene rings is 1. The fourth-order valence-corrected chi connectivity index (χ4v) is 4.52. The fourth-order valence-electron chi connectivity index (χ4n) is 2.76. The maximum absolute atomic E-state index is 12.6. The predicted octanol–water partition coefficient (Wildman–Crippen LogP) is 2.60. The van der Waals surface area contributed by atoms with Gasteiger partial charge in [0, 0.05) is 29.6 Å². The summed E-state index contributed by atoms with van der Waals surface area (Å²) in [5.41, 5.74) is 5.51. The van der Waals surface area contributed by atoms with Gasteiger partial charge >= 0.3 is 0 Å². The molecule has 3 aromatic rings. The van der Waals surface area contributed by atoms with Crippen molar-refractivity contribution in [2.24, 2.45) is 0 Å². The molecule has 10 heteroatoms. The lowest BCUT2D eigenvalue weighted by molar-refractivity contribution is 0.0842. The van der Waals surface area contributed by atoms with Crippen LogP contribution in [0.2, 0.25) is 0 Å². The highest BCUT2D eigenvalue weighted by molar-refractivity contribution is 7.99. The molecular formula is C20H19N5O3S2. The van der Waals surface area contributed by atoms with E-state index in [0.29, 0.717) is 23.8 Å². The van der Waals surface area contributed by atoms with Crippen molar-refractivity contribution in [3.63, 3.8) is 0 Å². The fraction of sp³-hybridized carbons (Fsp3) is 0.200. The minimum Gasteiger partial charge on any atom is -0.378 e. The lowest BCUT2D eigenvalue weighted by Crippen LogP contribution is -2.42. The summed E-state index contributed by atoms with van der Waals surface area (Å²) in [4.78, 5) is 36.7. The van der Waals surface area contributed by atoms with E-state index in [9.17, 15) is 9.59 Å². The second kappa shape index (κ2) is 9.70. The maximum Gasteiger partial charge on any atom is 0.289 e. The second-order valence-corrected chi connectivity index (χ2v) is 8.19. The van der Waals surface area contributed by atoms with Gasteiger partial charge in [-0.05, 0) is 24.3 Å². The van der Waals surface area contributed by atoms with Crippen LogP contribution in [0.5, 0.6) is 0 Å². The topological polar surface area (TPSA) is 96.5 Å². The summed E-state index contributed by atoms with van der Waals surface area (Å²) in [5, 5.41) is 3.00. The number of amides is 2. The van der Waals surface area contributed by atoms with Gasteiger partial charge in [-0.15, -0.1) is 11.3 Å². The largest absolute Gasteiger partial charge is 0.378 e. The highest BCUT2D eigenvalue weighted by Crippen LogP contribution is 2.28. The Bertz CT molecular complexity index is 1020. The summed E-state index contributed by atoms with van der Waals surface area (Å²) in [6.07, 6.45) is 1.63. The first kappa shape index (κ1) is 20.3. The molecule has 0 atom stereocenters. The Morgan fingerprint density at radius 3 is 2.60 bits per heavy atom. The standard InChI is InChI=1S/C20H19N5O3S2/c26-17(15-7-4-8-21-19(15)30-14-5-2-1-3-6-14)23-24-18(27)16-13-29-20(22-16)25-9-11-28-12-10-25/h1-8,13H,9-12H2,(H,23,26)(H,24,27). The van der Waals surface area contributed by atoms with Gasteiger partial charge in [0.2, 0.25) is 0 Å². The molecule has 3 heterocycles. The van der Waals surface area contributed by atoms with Crippen LogP contribution in [0.15, 0.2) is 64.0 Å². The average molecular weight is 442 g/mol. The monoisotopic (exact) mass is 441 g/mol. The number of thiazole rings is 1. The van der Waals surface area contributed by atoms with E-state index in [-0.39, 0.29) is 5.69 Å². The second-order valence-electron chi connectivity index (χ2n) is 6.29. The smallest absolute Gasteiger partial charge is 0.289 e. The Kier molecular flexibility index (Phi) is 6.57. The number of hydrogen-bond donors (Lipinski definition) is 2. The molecule has 1 aliphatic heterocycles. The first-order valence-corrected chi connectivity index (χ1v) is 11.0. The predicted molar refractivity (Wildman–Crippen MR) is 115 cm³/mol. The Balaban J connectivity index is 1.38. The molecule has 0 bridgehead atoms. The zero-order valence-electron chi connectivity index (χ0n) is 15.9. The number of ether oxygens (including phenoxy) is 1. The molecule has 1 saturated heterocycles. The number of carbonyl (C=O) groups excluding carboxylic acids is 2. The quantitative estimate of drug-likeness (QED) is 0.588. The molecule has 1 aliphatic rings. The van der Waals surface area contributed by atoms with Gasteiger partial charge < -0.3 is 9.64 Å². The SMILES string of the molecule is O=C(NNC(=O)c1cccnc1Sc1ccccc1)c1csc(N2CCOCC2)n1. The maximum atomic E-state index is 12.6. The Labute approximate surface area is 181 Å². The number of aromatic nitrogens is 2. The number of pyridine rings is 1. The molecule has 154 valence electrons. The van der Waals surface area contributed by atoms with Gasteiger partial charge in [-0.1, -0.05) is 30.0 Å². The summed E-state index contributed by atoms with van der Waals surface area (Å²) in [6.45, 7) is 2.78. The Morgan fingerprint density at radius 1 is 1.03 bits per heavy atom. The molecule has 0 spiro atoms. The van der Waals surface area contributed by atoms with Gasteiger partial charge in [0.15, 0.2) is 5.13 Å². The molecule has 0 aliphatic carbocycles. The number of nitrogens with one attached hydrogen (secondary N) is 2. The van der Waals surface area contributed by atoms with E-state index >= 15 is 0 Å². The summed E-state index contributed by atoms with van der Waals surface area (Å²) < 4.78 is 5.33. The van der Waals surface area contributed by atoms with Crippen molar-refractivity contribution in [2.75, 3.05) is 31.2 Å². The lowest BCUT2D eigenvalue weighted by atomic mass is 10.3. The molecule has 2 N–H and O–H groups in total. The van der Waals surface area contributed by atoms with Gasteiger partial charge in [0.25, 0.3) is 11.8 Å². The number of nitrogens with zero attached hydrogens (tertiary/aromatic N) is 3. The van der Waals surface area contributed by atoms with Gasteiger partial charge in [0.05, 0.1) is 18.8 Å². The van der Waals surface area contributed by atoms with Crippen LogP contribution < -0.4 is 15.8 Å². The zero-order valence-corrected chi connectivity index (χ0v) is 17.5. The van der Waals surface area contributed by atoms with Crippen LogP contribution >= 0.6 is 23.1 Å². The number of carbonyl (C=O) groups is 2. The number of rotatable bonds is 5.